The van der Waals surface area contributed by atoms with Crippen LogP contribution in [0.3, 0.4) is 0 Å². The molecule has 0 aliphatic carbocycles. The van der Waals surface area contributed by atoms with E-state index in [2.05, 4.69) is 20.2 Å². The molecule has 2 aromatic heterocycles. The molecule has 23 heavy (non-hydrogen) atoms. The summed E-state index contributed by atoms with van der Waals surface area (Å²) in [7, 11) is 0. The number of aliphatic hydroxyl groups is 1. The second-order valence-corrected chi connectivity index (χ2v) is 4.81. The van der Waals surface area contributed by atoms with Crippen molar-refractivity contribution in [2.45, 2.75) is 18.4 Å². The van der Waals surface area contributed by atoms with E-state index in [1.54, 1.807) is 0 Å². The first-order valence-electron chi connectivity index (χ1n) is 6.52. The molecule has 0 amide bonds. The van der Waals surface area contributed by atoms with E-state index in [-0.39, 0.29) is 12.1 Å². The van der Waals surface area contributed by atoms with Gasteiger partial charge in [-0.25, -0.2) is 18.7 Å². The summed E-state index contributed by atoms with van der Waals surface area (Å²) in [5, 5.41) is 17.6. The Labute approximate surface area is 128 Å². The maximum Gasteiger partial charge on any atom is 0.316 e. The van der Waals surface area contributed by atoms with Crippen LogP contribution in [0.25, 0.3) is 0 Å². The minimum Gasteiger partial charge on any atom is -0.343 e. The summed E-state index contributed by atoms with van der Waals surface area (Å²) in [5.41, 5.74) is -0.234. The molecule has 0 fully saturated rings. The summed E-state index contributed by atoms with van der Waals surface area (Å²) < 4.78 is 43.9. The largest absolute Gasteiger partial charge is 0.343 e. The number of alkyl halides is 1. The van der Waals surface area contributed by atoms with Gasteiger partial charge in [-0.2, -0.15) is 19.3 Å². The molecule has 2 heterocycles. The van der Waals surface area contributed by atoms with Crippen molar-refractivity contribution in [3.8, 4) is 0 Å². The minimum atomic E-state index is -3.11. The van der Waals surface area contributed by atoms with E-state index in [9.17, 15) is 18.3 Å². The Bertz CT molecular complexity index is 775. The number of aromatic nitrogens is 6. The molecule has 120 valence electrons. The second kappa shape index (κ2) is 5.80. The third-order valence-corrected chi connectivity index (χ3v) is 3.36. The zero-order valence-electron chi connectivity index (χ0n) is 11.6. The summed E-state index contributed by atoms with van der Waals surface area (Å²) in [6, 6.07) is 2.65. The number of rotatable bonds is 5. The number of hydrogen-bond acceptors (Lipinski definition) is 5. The Balaban J connectivity index is 2.06. The average Bonchev–Trinajstić information content (AvgIpc) is 3.19. The lowest BCUT2D eigenvalue weighted by atomic mass is 9.95. The minimum absolute atomic E-state index is 0.234. The van der Waals surface area contributed by atoms with Crippen LogP contribution in [0.2, 0.25) is 0 Å². The number of hydrogen-bond donors (Lipinski definition) is 1. The molecule has 7 nitrogen and oxygen atoms in total. The second-order valence-electron chi connectivity index (χ2n) is 4.81. The van der Waals surface area contributed by atoms with Gasteiger partial charge in [-0.05, 0) is 6.07 Å². The van der Waals surface area contributed by atoms with E-state index in [0.29, 0.717) is 10.7 Å². The summed E-state index contributed by atoms with van der Waals surface area (Å²) >= 11 is 0. The molecule has 0 aliphatic rings. The lowest BCUT2D eigenvalue weighted by Gasteiger charge is -2.29. The number of benzene rings is 1. The molecule has 0 spiro atoms. The Morgan fingerprint density at radius 1 is 1.13 bits per heavy atom. The van der Waals surface area contributed by atoms with E-state index in [1.165, 1.54) is 17.3 Å². The SMILES string of the molecule is OC(F)(C(Cn1cncn1)c1ccc(F)cc1F)n1cncn1. The average molecular weight is 324 g/mol. The van der Waals surface area contributed by atoms with Crippen LogP contribution in [-0.4, -0.2) is 34.6 Å². The van der Waals surface area contributed by atoms with E-state index in [4.69, 9.17) is 0 Å². The third-order valence-electron chi connectivity index (χ3n) is 3.36. The first kappa shape index (κ1) is 15.2. The smallest absolute Gasteiger partial charge is 0.316 e. The standard InChI is InChI=1S/C13H11F3N6O/c14-9-1-2-10(12(15)3-9)11(4-21-7-17-5-19-21)13(16,23)22-8-18-6-20-22/h1-3,5-8,11,23H,4H2. The molecule has 3 aromatic rings. The molecule has 0 saturated carbocycles. The maximum absolute atomic E-state index is 15.0. The number of halogens is 3. The predicted octanol–water partition coefficient (Wildman–Crippen LogP) is 1.20. The summed E-state index contributed by atoms with van der Waals surface area (Å²) in [5.74, 6) is -6.38. The Morgan fingerprint density at radius 2 is 1.87 bits per heavy atom. The van der Waals surface area contributed by atoms with E-state index < -0.39 is 23.5 Å². The molecule has 2 unspecified atom stereocenters. The van der Waals surface area contributed by atoms with Crippen LogP contribution < -0.4 is 0 Å². The highest BCUT2D eigenvalue weighted by molar-refractivity contribution is 5.24. The van der Waals surface area contributed by atoms with Gasteiger partial charge in [-0.3, -0.25) is 4.68 Å². The van der Waals surface area contributed by atoms with Crippen LogP contribution in [-0.2, 0) is 12.5 Å². The summed E-state index contributed by atoms with van der Waals surface area (Å²) in [6.45, 7) is -0.255. The molecule has 10 heteroatoms. The summed E-state index contributed by atoms with van der Waals surface area (Å²) in [4.78, 5) is 7.27. The van der Waals surface area contributed by atoms with Crippen molar-refractivity contribution in [3.63, 3.8) is 0 Å². The van der Waals surface area contributed by atoms with Gasteiger partial charge in [-0.15, -0.1) is 0 Å². The highest BCUT2D eigenvalue weighted by atomic mass is 19.2. The molecule has 0 aliphatic heterocycles. The van der Waals surface area contributed by atoms with Crippen molar-refractivity contribution in [1.29, 1.82) is 0 Å². The van der Waals surface area contributed by atoms with Crippen LogP contribution >= 0.6 is 0 Å². The Kier molecular flexibility index (Phi) is 3.82. The first-order chi connectivity index (χ1) is 11.0. The van der Waals surface area contributed by atoms with E-state index in [1.807, 2.05) is 0 Å². The van der Waals surface area contributed by atoms with Crippen molar-refractivity contribution in [2.24, 2.45) is 0 Å². The molecule has 3 rings (SSSR count). The van der Waals surface area contributed by atoms with Crippen molar-refractivity contribution in [2.75, 3.05) is 0 Å². The highest BCUT2D eigenvalue weighted by Crippen LogP contribution is 2.36. The van der Waals surface area contributed by atoms with Gasteiger partial charge in [0.2, 0.25) is 0 Å². The topological polar surface area (TPSA) is 81.6 Å². The van der Waals surface area contributed by atoms with Gasteiger partial charge in [0.05, 0.1) is 12.5 Å². The molecule has 1 N–H and O–H groups in total. The lowest BCUT2D eigenvalue weighted by Crippen LogP contribution is -2.38. The molecule has 2 atom stereocenters. The molecule has 0 bridgehead atoms. The van der Waals surface area contributed by atoms with Gasteiger partial charge in [-0.1, -0.05) is 6.07 Å². The fraction of sp³-hybridized carbons (Fsp3) is 0.231. The molecule has 0 saturated heterocycles. The zero-order chi connectivity index (χ0) is 16.4. The Morgan fingerprint density at radius 3 is 2.48 bits per heavy atom. The van der Waals surface area contributed by atoms with E-state index >= 15 is 0 Å². The van der Waals surface area contributed by atoms with Crippen LogP contribution in [0.5, 0.6) is 0 Å². The van der Waals surface area contributed by atoms with Crippen LogP contribution in [0.4, 0.5) is 13.2 Å². The maximum atomic E-state index is 15.0. The van der Waals surface area contributed by atoms with Gasteiger partial charge < -0.3 is 5.11 Å². The first-order valence-corrected chi connectivity index (χ1v) is 6.52. The van der Waals surface area contributed by atoms with Crippen molar-refractivity contribution in [1.82, 2.24) is 29.5 Å². The summed E-state index contributed by atoms with van der Waals surface area (Å²) in [6.07, 6.45) is 4.48. The molecule has 0 radical (unpaired) electrons. The highest BCUT2D eigenvalue weighted by Gasteiger charge is 2.43. The van der Waals surface area contributed by atoms with Crippen molar-refractivity contribution < 1.29 is 18.3 Å². The molecule has 1 aromatic carbocycles. The molecular weight excluding hydrogens is 313 g/mol. The fourth-order valence-corrected chi connectivity index (χ4v) is 2.24. The lowest BCUT2D eigenvalue weighted by molar-refractivity contribution is -0.195. The third kappa shape index (κ3) is 2.93. The van der Waals surface area contributed by atoms with Gasteiger partial charge in [0.25, 0.3) is 0 Å². The van der Waals surface area contributed by atoms with Gasteiger partial charge in [0.15, 0.2) is 0 Å². The Hall–Kier alpha value is -2.75. The normalized spacial score (nSPS) is 15.3. The molecular formula is C13H11F3N6O. The van der Waals surface area contributed by atoms with Crippen LogP contribution in [0.1, 0.15) is 11.5 Å². The van der Waals surface area contributed by atoms with Crippen LogP contribution in [0, 0.1) is 11.6 Å². The predicted molar refractivity (Wildman–Crippen MR) is 70.4 cm³/mol. The zero-order valence-corrected chi connectivity index (χ0v) is 11.6. The van der Waals surface area contributed by atoms with Crippen molar-refractivity contribution >= 4 is 0 Å². The fourth-order valence-electron chi connectivity index (χ4n) is 2.24. The quantitative estimate of drug-likeness (QED) is 0.763. The van der Waals surface area contributed by atoms with Gasteiger partial charge in [0, 0.05) is 11.6 Å². The number of nitrogens with zero attached hydrogens (tertiary/aromatic N) is 6. The van der Waals surface area contributed by atoms with E-state index in [0.717, 1.165) is 24.8 Å². The van der Waals surface area contributed by atoms with Crippen LogP contribution in [0.15, 0.2) is 43.5 Å². The van der Waals surface area contributed by atoms with Gasteiger partial charge in [0.1, 0.15) is 36.9 Å². The van der Waals surface area contributed by atoms with Crippen molar-refractivity contribution in [3.05, 3.63) is 60.7 Å². The monoisotopic (exact) mass is 324 g/mol. The van der Waals surface area contributed by atoms with Gasteiger partial charge >= 0.3 is 5.98 Å².